The Morgan fingerprint density at radius 1 is 1.55 bits per heavy atom. The minimum absolute atomic E-state index is 0.0338. The monoisotopic (exact) mass is 322 g/mol. The molecular formula is C16H26N4OS. The fourth-order valence-electron chi connectivity index (χ4n) is 3.40. The zero-order valence-electron chi connectivity index (χ0n) is 13.5. The van der Waals surface area contributed by atoms with Gasteiger partial charge in [0, 0.05) is 30.4 Å². The van der Waals surface area contributed by atoms with E-state index in [1.165, 1.54) is 6.42 Å². The van der Waals surface area contributed by atoms with Crippen LogP contribution in [-0.2, 0) is 11.2 Å². The molecule has 6 heteroatoms. The van der Waals surface area contributed by atoms with E-state index in [2.05, 4.69) is 24.1 Å². The molecule has 122 valence electrons. The van der Waals surface area contributed by atoms with Gasteiger partial charge in [-0.2, -0.15) is 0 Å². The zero-order chi connectivity index (χ0) is 15.7. The average molecular weight is 322 g/mol. The third kappa shape index (κ3) is 3.19. The van der Waals surface area contributed by atoms with Gasteiger partial charge in [-0.05, 0) is 25.3 Å². The lowest BCUT2D eigenvalue weighted by atomic mass is 9.86. The molecule has 2 unspecified atom stereocenters. The quantitative estimate of drug-likeness (QED) is 0.882. The highest BCUT2D eigenvalue weighted by Gasteiger charge is 2.41. The number of aromatic nitrogens is 1. The summed E-state index contributed by atoms with van der Waals surface area (Å²) in [6.45, 7) is 8.13. The van der Waals surface area contributed by atoms with E-state index < -0.39 is 0 Å². The highest BCUT2D eigenvalue weighted by Crippen LogP contribution is 2.36. The molecule has 1 amide bonds. The maximum Gasteiger partial charge on any atom is 0.228 e. The zero-order valence-corrected chi connectivity index (χ0v) is 14.3. The van der Waals surface area contributed by atoms with Crippen molar-refractivity contribution in [2.24, 2.45) is 17.1 Å². The smallest absolute Gasteiger partial charge is 0.228 e. The Kier molecular flexibility index (Phi) is 4.52. The van der Waals surface area contributed by atoms with Crippen molar-refractivity contribution in [1.82, 2.24) is 15.2 Å². The van der Waals surface area contributed by atoms with Crippen LogP contribution in [0.15, 0.2) is 5.38 Å². The molecule has 1 aromatic rings. The molecule has 5 nitrogen and oxygen atoms in total. The number of hydrogen-bond acceptors (Lipinski definition) is 5. The molecule has 1 aromatic heterocycles. The van der Waals surface area contributed by atoms with Crippen molar-refractivity contribution in [1.29, 1.82) is 0 Å². The summed E-state index contributed by atoms with van der Waals surface area (Å²) < 4.78 is 0. The first-order valence-electron chi connectivity index (χ1n) is 8.17. The highest BCUT2D eigenvalue weighted by molar-refractivity contribution is 7.09. The lowest BCUT2D eigenvalue weighted by Crippen LogP contribution is -2.34. The molecule has 2 fully saturated rings. The van der Waals surface area contributed by atoms with Gasteiger partial charge in [-0.1, -0.05) is 13.8 Å². The highest BCUT2D eigenvalue weighted by atomic mass is 32.1. The van der Waals surface area contributed by atoms with Gasteiger partial charge >= 0.3 is 0 Å². The molecule has 1 spiro atoms. The fourth-order valence-corrected chi connectivity index (χ4v) is 4.39. The van der Waals surface area contributed by atoms with E-state index in [4.69, 9.17) is 5.73 Å². The predicted molar refractivity (Wildman–Crippen MR) is 88.7 cm³/mol. The maximum absolute atomic E-state index is 12.5. The third-order valence-electron chi connectivity index (χ3n) is 5.03. The van der Waals surface area contributed by atoms with Crippen LogP contribution in [0.25, 0.3) is 0 Å². The van der Waals surface area contributed by atoms with Crippen molar-refractivity contribution in [2.75, 3.05) is 26.2 Å². The first-order valence-corrected chi connectivity index (χ1v) is 9.05. The number of thiazole rings is 1. The van der Waals surface area contributed by atoms with E-state index in [0.29, 0.717) is 17.8 Å². The van der Waals surface area contributed by atoms with Crippen LogP contribution in [0.5, 0.6) is 0 Å². The van der Waals surface area contributed by atoms with Gasteiger partial charge < -0.3 is 16.0 Å². The Morgan fingerprint density at radius 2 is 2.36 bits per heavy atom. The molecule has 3 heterocycles. The van der Waals surface area contributed by atoms with E-state index >= 15 is 0 Å². The van der Waals surface area contributed by atoms with Crippen molar-refractivity contribution < 1.29 is 4.79 Å². The van der Waals surface area contributed by atoms with Crippen LogP contribution in [0.4, 0.5) is 0 Å². The van der Waals surface area contributed by atoms with Crippen molar-refractivity contribution in [3.8, 4) is 0 Å². The van der Waals surface area contributed by atoms with Crippen molar-refractivity contribution in [3.63, 3.8) is 0 Å². The molecule has 3 rings (SSSR count). The van der Waals surface area contributed by atoms with E-state index in [1.54, 1.807) is 11.3 Å². The van der Waals surface area contributed by atoms with Gasteiger partial charge in [-0.3, -0.25) is 4.79 Å². The summed E-state index contributed by atoms with van der Waals surface area (Å²) in [5.74, 6) is 0.571. The minimum atomic E-state index is -0.0338. The van der Waals surface area contributed by atoms with Gasteiger partial charge in [0.05, 0.1) is 18.2 Å². The van der Waals surface area contributed by atoms with Crippen LogP contribution in [0.2, 0.25) is 0 Å². The molecule has 2 atom stereocenters. The fraction of sp³-hybridized carbons (Fsp3) is 0.750. The summed E-state index contributed by atoms with van der Waals surface area (Å²) in [5.41, 5.74) is 7.33. The standard InChI is InChI=1S/C16H26N4OS/c1-11(2)14(17)15-19-12(8-22-15)7-13(21)20-6-4-16(10-20)3-5-18-9-16/h8,11,14,18H,3-7,9-10,17H2,1-2H3. The summed E-state index contributed by atoms with van der Waals surface area (Å²) in [4.78, 5) is 19.1. The van der Waals surface area contributed by atoms with E-state index in [1.807, 2.05) is 10.3 Å². The van der Waals surface area contributed by atoms with Gasteiger partial charge in [0.2, 0.25) is 5.91 Å². The van der Waals surface area contributed by atoms with E-state index in [0.717, 1.165) is 43.3 Å². The largest absolute Gasteiger partial charge is 0.342 e. The Morgan fingerprint density at radius 3 is 3.05 bits per heavy atom. The second-order valence-electron chi connectivity index (χ2n) is 7.12. The summed E-state index contributed by atoms with van der Waals surface area (Å²) in [6.07, 6.45) is 2.73. The van der Waals surface area contributed by atoms with Crippen molar-refractivity contribution >= 4 is 17.2 Å². The number of nitrogens with zero attached hydrogens (tertiary/aromatic N) is 2. The summed E-state index contributed by atoms with van der Waals surface area (Å²) >= 11 is 1.57. The third-order valence-corrected chi connectivity index (χ3v) is 6.02. The molecule has 3 N–H and O–H groups in total. The number of nitrogens with two attached hydrogens (primary N) is 1. The molecule has 0 radical (unpaired) electrons. The number of nitrogens with one attached hydrogen (secondary N) is 1. The number of likely N-dealkylation sites (tertiary alicyclic amines) is 1. The Hall–Kier alpha value is -0.980. The normalized spacial score (nSPS) is 26.3. The predicted octanol–water partition coefficient (Wildman–Crippen LogP) is 1.55. The van der Waals surface area contributed by atoms with Crippen LogP contribution in [0.3, 0.4) is 0 Å². The Balaban J connectivity index is 1.58. The lowest BCUT2D eigenvalue weighted by molar-refractivity contribution is -0.129. The van der Waals surface area contributed by atoms with Crippen LogP contribution in [-0.4, -0.2) is 42.0 Å². The molecule has 0 aliphatic carbocycles. The molecular weight excluding hydrogens is 296 g/mol. The van der Waals surface area contributed by atoms with Crippen LogP contribution >= 0.6 is 11.3 Å². The number of carbonyl (C=O) groups is 1. The minimum Gasteiger partial charge on any atom is -0.342 e. The van der Waals surface area contributed by atoms with E-state index in [9.17, 15) is 4.79 Å². The molecule has 0 bridgehead atoms. The molecule has 22 heavy (non-hydrogen) atoms. The van der Waals surface area contributed by atoms with Crippen LogP contribution in [0.1, 0.15) is 43.4 Å². The van der Waals surface area contributed by atoms with Crippen molar-refractivity contribution in [2.45, 2.75) is 39.2 Å². The van der Waals surface area contributed by atoms with Crippen LogP contribution < -0.4 is 11.1 Å². The topological polar surface area (TPSA) is 71.2 Å². The maximum atomic E-state index is 12.5. The lowest BCUT2D eigenvalue weighted by Gasteiger charge is -2.22. The first-order chi connectivity index (χ1) is 10.5. The molecule has 0 saturated carbocycles. The summed E-state index contributed by atoms with van der Waals surface area (Å²) in [7, 11) is 0. The van der Waals surface area contributed by atoms with Gasteiger partial charge in [-0.15, -0.1) is 11.3 Å². The van der Waals surface area contributed by atoms with Gasteiger partial charge in [0.25, 0.3) is 0 Å². The van der Waals surface area contributed by atoms with Crippen LogP contribution in [0, 0.1) is 11.3 Å². The SMILES string of the molecule is CC(C)C(N)c1nc(CC(=O)N2CCC3(CCNC3)C2)cs1. The number of hydrogen-bond donors (Lipinski definition) is 2. The molecule has 0 aromatic carbocycles. The second-order valence-corrected chi connectivity index (χ2v) is 8.01. The Labute approximate surface area is 136 Å². The van der Waals surface area contributed by atoms with Gasteiger partial charge in [0.15, 0.2) is 0 Å². The average Bonchev–Trinajstić information content (AvgIpc) is 3.21. The summed E-state index contributed by atoms with van der Waals surface area (Å²) in [6, 6.07) is -0.0338. The van der Waals surface area contributed by atoms with Crippen molar-refractivity contribution in [3.05, 3.63) is 16.1 Å². The number of carbonyl (C=O) groups excluding carboxylic acids is 1. The van der Waals surface area contributed by atoms with Gasteiger partial charge in [0.1, 0.15) is 5.01 Å². The van der Waals surface area contributed by atoms with E-state index in [-0.39, 0.29) is 11.9 Å². The summed E-state index contributed by atoms with van der Waals surface area (Å²) in [5, 5.41) is 6.35. The number of amides is 1. The molecule has 2 aliphatic heterocycles. The molecule has 2 aliphatic rings. The molecule has 2 saturated heterocycles. The first kappa shape index (κ1) is 15.9. The second kappa shape index (κ2) is 6.26. The Bertz CT molecular complexity index is 536. The number of rotatable bonds is 4. The van der Waals surface area contributed by atoms with Gasteiger partial charge in [-0.25, -0.2) is 4.98 Å².